The molecule has 0 aliphatic carbocycles. The lowest BCUT2D eigenvalue weighted by Crippen LogP contribution is -2.35. The van der Waals surface area contributed by atoms with Gasteiger partial charge in [-0.3, -0.25) is 4.79 Å². The molecule has 4 rings (SSSR count). The molecule has 1 amide bonds. The van der Waals surface area contributed by atoms with Crippen LogP contribution in [0.5, 0.6) is 0 Å². The number of thiophene rings is 1. The van der Waals surface area contributed by atoms with E-state index in [9.17, 15) is 4.79 Å². The lowest BCUT2D eigenvalue weighted by atomic mass is 10.1. The molecule has 2 unspecified atom stereocenters. The molecule has 2 aromatic heterocycles. The Morgan fingerprint density at radius 2 is 2.14 bits per heavy atom. The van der Waals surface area contributed by atoms with Gasteiger partial charge < -0.3 is 19.6 Å². The van der Waals surface area contributed by atoms with Crippen molar-refractivity contribution in [2.45, 2.75) is 72.0 Å². The van der Waals surface area contributed by atoms with Crippen molar-refractivity contribution in [2.24, 2.45) is 5.10 Å². The minimum Gasteiger partial charge on any atom is -0.337 e. The van der Waals surface area contributed by atoms with Crippen molar-refractivity contribution in [1.82, 2.24) is 24.8 Å². The van der Waals surface area contributed by atoms with Gasteiger partial charge in [-0.25, -0.2) is 9.99 Å². The maximum absolute atomic E-state index is 11.8. The first-order valence-electron chi connectivity index (χ1n) is 12.1. The predicted octanol–water partition coefficient (Wildman–Crippen LogP) is 3.56. The van der Waals surface area contributed by atoms with Gasteiger partial charge in [0.2, 0.25) is 5.91 Å². The Labute approximate surface area is 211 Å². The van der Waals surface area contributed by atoms with Gasteiger partial charge >= 0.3 is 0 Å². The number of amidine groups is 1. The highest BCUT2D eigenvalue weighted by atomic mass is 32.1. The van der Waals surface area contributed by atoms with E-state index in [4.69, 9.17) is 15.0 Å². The van der Waals surface area contributed by atoms with Crippen LogP contribution in [0, 0.1) is 18.3 Å². The molecule has 2 atom stereocenters. The third kappa shape index (κ3) is 6.35. The topological polar surface area (TPSA) is 106 Å². The largest absolute Gasteiger partial charge is 0.337 e. The lowest BCUT2D eigenvalue weighted by Gasteiger charge is -2.28. The fourth-order valence-electron chi connectivity index (χ4n) is 4.65. The molecular formula is C25H35N7O2S. The number of imidazole rings is 1. The van der Waals surface area contributed by atoms with Crippen LogP contribution in [0.3, 0.4) is 0 Å². The summed E-state index contributed by atoms with van der Waals surface area (Å²) in [7, 11) is 1.96. The lowest BCUT2D eigenvalue weighted by molar-refractivity contribution is -0.129. The van der Waals surface area contributed by atoms with Gasteiger partial charge in [-0.2, -0.15) is 10.4 Å². The van der Waals surface area contributed by atoms with Gasteiger partial charge in [-0.05, 0) is 45.9 Å². The zero-order valence-corrected chi connectivity index (χ0v) is 22.1. The average molecular weight is 498 g/mol. The number of fused-ring (bicyclic) bond motifs is 1. The van der Waals surface area contributed by atoms with Crippen LogP contribution in [0.2, 0.25) is 0 Å². The number of aryl methyl sites for hydroxylation is 1. The molecule has 2 aromatic rings. The second-order valence-corrected chi connectivity index (χ2v) is 9.81. The van der Waals surface area contributed by atoms with E-state index in [1.54, 1.807) is 18.3 Å². The molecule has 35 heavy (non-hydrogen) atoms. The summed E-state index contributed by atoms with van der Waals surface area (Å²) < 4.78 is 2.39. The van der Waals surface area contributed by atoms with Gasteiger partial charge in [-0.15, -0.1) is 11.3 Å². The minimum absolute atomic E-state index is 0.115. The molecule has 0 fully saturated rings. The number of carbonyl (C=O) groups is 2. The summed E-state index contributed by atoms with van der Waals surface area (Å²) >= 11 is 1.55. The van der Waals surface area contributed by atoms with Crippen LogP contribution in [-0.2, 0) is 22.6 Å². The highest BCUT2D eigenvalue weighted by Gasteiger charge is 2.31. The maximum atomic E-state index is 11.8. The van der Waals surface area contributed by atoms with Crippen LogP contribution in [0.1, 0.15) is 79.1 Å². The normalized spacial score (nSPS) is 15.8. The Hall–Kier alpha value is -3.03. The molecule has 4 heterocycles. The van der Waals surface area contributed by atoms with Crippen LogP contribution < -0.4 is 5.32 Å². The number of aromatic nitrogens is 2. The van der Waals surface area contributed by atoms with Crippen molar-refractivity contribution in [3.05, 3.63) is 39.1 Å². The molecule has 0 spiro atoms. The van der Waals surface area contributed by atoms with Crippen LogP contribution in [-0.4, -0.2) is 57.6 Å². The average Bonchev–Trinajstić information content (AvgIpc) is 3.25. The molecule has 0 radical (unpaired) electrons. The third-order valence-corrected chi connectivity index (χ3v) is 7.59. The number of nitriles is 1. The molecule has 1 N–H and O–H groups in total. The van der Waals surface area contributed by atoms with Crippen molar-refractivity contribution < 1.29 is 9.59 Å². The standard InChI is InChI=1S/C23H31N7OS.C2H4O/c1-5-17(30-15(2)26-20-14-28(16(3)31)10-9-21(20)30)12-23-27-29(23)11-8-19(25-4)22-7-6-18(13-24)32-22;1-2-3/h6-7,17,19,25H,5,8-12,14H2,1-4H3;2H,1H3. The fourth-order valence-corrected chi connectivity index (χ4v) is 5.59. The van der Waals surface area contributed by atoms with E-state index in [1.165, 1.54) is 17.5 Å². The molecule has 0 saturated heterocycles. The van der Waals surface area contributed by atoms with Gasteiger partial charge in [0.25, 0.3) is 0 Å². The van der Waals surface area contributed by atoms with E-state index in [1.807, 2.05) is 24.1 Å². The summed E-state index contributed by atoms with van der Waals surface area (Å²) in [6.07, 6.45) is 4.46. The molecule has 2 aliphatic rings. The number of hydrogen-bond acceptors (Lipinski definition) is 8. The number of nitrogens with one attached hydrogen (secondary N) is 1. The second-order valence-electron chi connectivity index (χ2n) is 8.70. The van der Waals surface area contributed by atoms with E-state index < -0.39 is 0 Å². The van der Waals surface area contributed by atoms with Gasteiger partial charge in [0.05, 0.1) is 12.2 Å². The van der Waals surface area contributed by atoms with E-state index >= 15 is 0 Å². The van der Waals surface area contributed by atoms with Gasteiger partial charge in [0.15, 0.2) is 0 Å². The van der Waals surface area contributed by atoms with E-state index in [0.717, 1.165) is 67.3 Å². The number of aldehydes is 1. The SMILES string of the molecule is CC=O.CCC(CC1=NN1CCC(NC)c1ccc(C#N)s1)n1c(C)nc2c1CCN(C(C)=O)C2. The first kappa shape index (κ1) is 26.6. The number of hydrogen-bond donors (Lipinski definition) is 1. The zero-order valence-electron chi connectivity index (χ0n) is 21.2. The number of nitrogens with zero attached hydrogens (tertiary/aromatic N) is 6. The molecular weight excluding hydrogens is 462 g/mol. The molecule has 10 heteroatoms. The zero-order chi connectivity index (χ0) is 25.5. The number of carbonyl (C=O) groups excluding carboxylic acids is 2. The number of hydrazone groups is 1. The molecule has 2 aliphatic heterocycles. The smallest absolute Gasteiger partial charge is 0.219 e. The molecule has 188 valence electrons. The Morgan fingerprint density at radius 1 is 1.40 bits per heavy atom. The Morgan fingerprint density at radius 3 is 2.74 bits per heavy atom. The van der Waals surface area contributed by atoms with Crippen LogP contribution in [0.15, 0.2) is 17.2 Å². The summed E-state index contributed by atoms with van der Waals surface area (Å²) in [4.78, 5) is 29.2. The first-order chi connectivity index (χ1) is 16.9. The number of amides is 1. The number of rotatable bonds is 9. The second kappa shape index (κ2) is 12.1. The van der Waals surface area contributed by atoms with Crippen molar-refractivity contribution >= 4 is 29.4 Å². The minimum atomic E-state index is 0.115. The van der Waals surface area contributed by atoms with Crippen LogP contribution in [0.4, 0.5) is 0 Å². The van der Waals surface area contributed by atoms with Crippen molar-refractivity contribution in [3.8, 4) is 6.07 Å². The Balaban J connectivity index is 0.00000108. The Kier molecular flexibility index (Phi) is 9.18. The summed E-state index contributed by atoms with van der Waals surface area (Å²) in [5, 5.41) is 19.2. The highest BCUT2D eigenvalue weighted by molar-refractivity contribution is 7.12. The van der Waals surface area contributed by atoms with E-state index in [-0.39, 0.29) is 11.9 Å². The highest BCUT2D eigenvalue weighted by Crippen LogP contribution is 2.31. The molecule has 9 nitrogen and oxygen atoms in total. The predicted molar refractivity (Wildman–Crippen MR) is 137 cm³/mol. The molecule has 0 aromatic carbocycles. The molecule has 0 saturated carbocycles. The summed E-state index contributed by atoms with van der Waals surface area (Å²) in [6.45, 7) is 9.60. The maximum Gasteiger partial charge on any atom is 0.219 e. The summed E-state index contributed by atoms with van der Waals surface area (Å²) in [5.41, 5.74) is 2.32. The Bertz CT molecular complexity index is 1110. The molecule has 0 bridgehead atoms. The third-order valence-electron chi connectivity index (χ3n) is 6.48. The first-order valence-corrected chi connectivity index (χ1v) is 12.9. The van der Waals surface area contributed by atoms with E-state index in [0.29, 0.717) is 12.6 Å². The summed E-state index contributed by atoms with van der Waals surface area (Å²) in [6, 6.07) is 6.70. The van der Waals surface area contributed by atoms with Crippen molar-refractivity contribution in [1.29, 1.82) is 5.26 Å². The van der Waals surface area contributed by atoms with Crippen molar-refractivity contribution in [3.63, 3.8) is 0 Å². The monoisotopic (exact) mass is 497 g/mol. The van der Waals surface area contributed by atoms with Crippen LogP contribution in [0.25, 0.3) is 0 Å². The van der Waals surface area contributed by atoms with Crippen molar-refractivity contribution in [2.75, 3.05) is 20.1 Å². The van der Waals surface area contributed by atoms with Crippen LogP contribution >= 0.6 is 11.3 Å². The summed E-state index contributed by atoms with van der Waals surface area (Å²) in [5.74, 6) is 2.30. The van der Waals surface area contributed by atoms with Gasteiger partial charge in [0.1, 0.15) is 28.9 Å². The van der Waals surface area contributed by atoms with Gasteiger partial charge in [0, 0.05) is 55.5 Å². The van der Waals surface area contributed by atoms with Gasteiger partial charge in [-0.1, -0.05) is 6.92 Å². The fraction of sp³-hybridized carbons (Fsp3) is 0.560. The van der Waals surface area contributed by atoms with E-state index in [2.05, 4.69) is 39.9 Å². The quantitative estimate of drug-likeness (QED) is 0.531.